The molecule has 1 aliphatic heterocycles. The van der Waals surface area contributed by atoms with Crippen molar-refractivity contribution in [2.75, 3.05) is 6.54 Å². The van der Waals surface area contributed by atoms with Crippen LogP contribution < -0.4 is 16.0 Å². The van der Waals surface area contributed by atoms with E-state index < -0.39 is 30.0 Å². The molecule has 7 heteroatoms. The predicted octanol–water partition coefficient (Wildman–Crippen LogP) is 0.888. The highest BCUT2D eigenvalue weighted by Crippen LogP contribution is 2.12. The van der Waals surface area contributed by atoms with Crippen LogP contribution in [0.15, 0.2) is 60.7 Å². The van der Waals surface area contributed by atoms with E-state index in [9.17, 15) is 14.4 Å². The molecule has 0 saturated carbocycles. The number of rotatable bonds is 10. The molecule has 29 heavy (non-hydrogen) atoms. The van der Waals surface area contributed by atoms with E-state index in [0.717, 1.165) is 18.4 Å². The van der Waals surface area contributed by atoms with Gasteiger partial charge >= 0.3 is 5.97 Å². The number of nitrogens with one attached hydrogen (secondary N) is 3. The van der Waals surface area contributed by atoms with E-state index in [0.29, 0.717) is 13.0 Å². The summed E-state index contributed by atoms with van der Waals surface area (Å²) in [6.45, 7) is 0.494. The molecule has 2 aromatic carbocycles. The molecule has 1 heterocycles. The van der Waals surface area contributed by atoms with Crippen molar-refractivity contribution in [1.29, 1.82) is 0 Å². The lowest BCUT2D eigenvalue weighted by molar-refractivity contribution is -0.137. The number of carboxylic acids is 1. The lowest BCUT2D eigenvalue weighted by Gasteiger charge is -2.18. The Bertz CT molecular complexity index is 842. The zero-order valence-corrected chi connectivity index (χ0v) is 16.0. The van der Waals surface area contributed by atoms with Crippen molar-refractivity contribution in [2.45, 2.75) is 37.4 Å². The normalized spacial score (nSPS) is 18.5. The van der Waals surface area contributed by atoms with Crippen molar-refractivity contribution >= 4 is 17.8 Å². The Morgan fingerprint density at radius 1 is 0.931 bits per heavy atom. The molecule has 0 radical (unpaired) electrons. The van der Waals surface area contributed by atoms with Crippen molar-refractivity contribution in [2.24, 2.45) is 0 Å². The number of aryl methyl sites for hydroxylation is 1. The van der Waals surface area contributed by atoms with Crippen molar-refractivity contribution in [3.05, 3.63) is 71.8 Å². The molecule has 2 amide bonds. The molecule has 0 spiro atoms. The largest absolute Gasteiger partial charge is 0.480 e. The lowest BCUT2D eigenvalue weighted by Crippen LogP contribution is -2.50. The fourth-order valence-electron chi connectivity index (χ4n) is 3.17. The number of hydrogen-bond acceptors (Lipinski definition) is 4. The van der Waals surface area contributed by atoms with Crippen LogP contribution >= 0.6 is 0 Å². The number of amides is 2. The van der Waals surface area contributed by atoms with Gasteiger partial charge in [-0.25, -0.2) is 0 Å². The molecule has 1 saturated heterocycles. The maximum Gasteiger partial charge on any atom is 0.322 e. The second kappa shape index (κ2) is 9.84. The first-order valence-electron chi connectivity index (χ1n) is 9.69. The highest BCUT2D eigenvalue weighted by Gasteiger charge is 2.48. The maximum atomic E-state index is 12.7. The second-order valence-electron chi connectivity index (χ2n) is 7.09. The van der Waals surface area contributed by atoms with Crippen molar-refractivity contribution in [3.63, 3.8) is 0 Å². The molecule has 3 rings (SSSR count). The number of carbonyl (C=O) groups excluding carboxylic acids is 2. The molecule has 3 atom stereocenters. The van der Waals surface area contributed by atoms with E-state index in [1.165, 1.54) is 5.56 Å². The van der Waals surface area contributed by atoms with Crippen LogP contribution in [-0.2, 0) is 27.2 Å². The highest BCUT2D eigenvalue weighted by atomic mass is 16.4. The van der Waals surface area contributed by atoms with Gasteiger partial charge in [0.15, 0.2) is 0 Å². The summed E-state index contributed by atoms with van der Waals surface area (Å²) in [7, 11) is 0. The minimum atomic E-state index is -1.07. The highest BCUT2D eigenvalue weighted by molar-refractivity contribution is 5.97. The van der Waals surface area contributed by atoms with Gasteiger partial charge in [0.1, 0.15) is 18.1 Å². The monoisotopic (exact) mass is 395 g/mol. The summed E-state index contributed by atoms with van der Waals surface area (Å²) in [5, 5.41) is 17.1. The van der Waals surface area contributed by atoms with Crippen LogP contribution in [0.1, 0.15) is 17.5 Å². The van der Waals surface area contributed by atoms with Gasteiger partial charge in [-0.1, -0.05) is 60.7 Å². The average molecular weight is 395 g/mol. The standard InChI is InChI=1S/C22H25N3O4/c26-20(23-13-7-12-15-8-3-1-4-9-15)17(14-16-10-5-2-6-11-16)24-21(27)18-19(25-18)22(28)29/h1-6,8-11,17-19,25H,7,12-14H2,(H,23,26)(H,24,27)(H,28,29)/t17-,18-,19-/m0/s1. The van der Waals surface area contributed by atoms with Crippen LogP contribution in [0.3, 0.4) is 0 Å². The fraction of sp³-hybridized carbons (Fsp3) is 0.318. The van der Waals surface area contributed by atoms with E-state index in [2.05, 4.69) is 16.0 Å². The Morgan fingerprint density at radius 2 is 1.55 bits per heavy atom. The van der Waals surface area contributed by atoms with Crippen molar-refractivity contribution < 1.29 is 19.5 Å². The van der Waals surface area contributed by atoms with E-state index >= 15 is 0 Å². The summed E-state index contributed by atoms with van der Waals surface area (Å²) in [6.07, 6.45) is 1.97. The molecule has 1 aliphatic rings. The van der Waals surface area contributed by atoms with Crippen LogP contribution in [0.2, 0.25) is 0 Å². The average Bonchev–Trinajstić information content (AvgIpc) is 3.53. The molecule has 0 bridgehead atoms. The van der Waals surface area contributed by atoms with Gasteiger partial charge in [0.05, 0.1) is 0 Å². The SMILES string of the molecule is O=C(NCCCc1ccccc1)[C@H](Cc1ccccc1)NC(=O)[C@H]1N[C@@H]1C(=O)O. The Labute approximate surface area is 169 Å². The van der Waals surface area contributed by atoms with Gasteiger partial charge in [-0.3, -0.25) is 19.7 Å². The molecule has 7 nitrogen and oxygen atoms in total. The zero-order valence-electron chi connectivity index (χ0n) is 16.0. The maximum absolute atomic E-state index is 12.7. The number of aliphatic carboxylic acids is 1. The lowest BCUT2D eigenvalue weighted by atomic mass is 10.0. The first-order valence-corrected chi connectivity index (χ1v) is 9.69. The topological polar surface area (TPSA) is 117 Å². The first kappa shape index (κ1) is 20.5. The van der Waals surface area contributed by atoms with E-state index in [-0.39, 0.29) is 5.91 Å². The Kier molecular flexibility index (Phi) is 6.97. The molecular weight excluding hydrogens is 370 g/mol. The summed E-state index contributed by atoms with van der Waals surface area (Å²) in [5.74, 6) is -1.82. The van der Waals surface area contributed by atoms with Gasteiger partial charge in [0, 0.05) is 13.0 Å². The third kappa shape index (κ3) is 6.15. The van der Waals surface area contributed by atoms with Crippen LogP contribution in [-0.4, -0.2) is 47.6 Å². The fourth-order valence-corrected chi connectivity index (χ4v) is 3.17. The van der Waals surface area contributed by atoms with Crippen LogP contribution in [0, 0.1) is 0 Å². The molecule has 2 aromatic rings. The van der Waals surface area contributed by atoms with E-state index in [1.807, 2.05) is 60.7 Å². The zero-order chi connectivity index (χ0) is 20.6. The van der Waals surface area contributed by atoms with Crippen LogP contribution in [0.25, 0.3) is 0 Å². The molecule has 0 aliphatic carbocycles. The van der Waals surface area contributed by atoms with Crippen molar-refractivity contribution in [1.82, 2.24) is 16.0 Å². The third-order valence-corrected chi connectivity index (χ3v) is 4.83. The minimum absolute atomic E-state index is 0.275. The van der Waals surface area contributed by atoms with Gasteiger partial charge in [-0.15, -0.1) is 0 Å². The third-order valence-electron chi connectivity index (χ3n) is 4.83. The number of carboxylic acid groups (broad SMARTS) is 1. The molecule has 1 fully saturated rings. The summed E-state index contributed by atoms with van der Waals surface area (Å²) < 4.78 is 0. The first-order chi connectivity index (χ1) is 14.0. The number of hydrogen-bond donors (Lipinski definition) is 4. The number of benzene rings is 2. The summed E-state index contributed by atoms with van der Waals surface area (Å²) >= 11 is 0. The summed E-state index contributed by atoms with van der Waals surface area (Å²) in [4.78, 5) is 36.0. The van der Waals surface area contributed by atoms with Crippen LogP contribution in [0.4, 0.5) is 0 Å². The Morgan fingerprint density at radius 3 is 2.14 bits per heavy atom. The molecule has 152 valence electrons. The smallest absolute Gasteiger partial charge is 0.322 e. The van der Waals surface area contributed by atoms with Crippen molar-refractivity contribution in [3.8, 4) is 0 Å². The predicted molar refractivity (Wildman–Crippen MR) is 108 cm³/mol. The second-order valence-corrected chi connectivity index (χ2v) is 7.09. The molecule has 0 unspecified atom stereocenters. The van der Waals surface area contributed by atoms with E-state index in [1.54, 1.807) is 0 Å². The van der Waals surface area contributed by atoms with Gasteiger partial charge < -0.3 is 15.7 Å². The summed E-state index contributed by atoms with van der Waals surface area (Å²) in [5.41, 5.74) is 2.12. The molecule has 0 aromatic heterocycles. The van der Waals surface area contributed by atoms with Gasteiger partial charge in [0.2, 0.25) is 11.8 Å². The Hall–Kier alpha value is -3.19. The molecule has 4 N–H and O–H groups in total. The van der Waals surface area contributed by atoms with Crippen LogP contribution in [0.5, 0.6) is 0 Å². The summed E-state index contributed by atoms with van der Waals surface area (Å²) in [6, 6.07) is 17.0. The number of carbonyl (C=O) groups is 3. The van der Waals surface area contributed by atoms with E-state index in [4.69, 9.17) is 5.11 Å². The van der Waals surface area contributed by atoms with Gasteiger partial charge in [0.25, 0.3) is 0 Å². The minimum Gasteiger partial charge on any atom is -0.480 e. The van der Waals surface area contributed by atoms with Gasteiger partial charge in [-0.2, -0.15) is 0 Å². The van der Waals surface area contributed by atoms with Gasteiger partial charge in [-0.05, 0) is 24.0 Å². The molecular formula is C22H25N3O4. The quantitative estimate of drug-likeness (QED) is 0.352. The Balaban J connectivity index is 1.54.